The Hall–Kier alpha value is -2.77. The number of halogens is 3. The van der Waals surface area contributed by atoms with E-state index in [-0.39, 0.29) is 28.7 Å². The van der Waals surface area contributed by atoms with Gasteiger partial charge in [0.25, 0.3) is 5.56 Å². The molecule has 238 valence electrons. The van der Waals surface area contributed by atoms with Gasteiger partial charge in [0.15, 0.2) is 20.1 Å². The lowest BCUT2D eigenvalue weighted by molar-refractivity contribution is -0.155. The molecule has 0 atom stereocenters. The van der Waals surface area contributed by atoms with Crippen molar-refractivity contribution in [2.24, 2.45) is 0 Å². The zero-order valence-electron chi connectivity index (χ0n) is 26.1. The minimum Gasteiger partial charge on any atom is -0.484 e. The van der Waals surface area contributed by atoms with Crippen LogP contribution in [-0.4, -0.2) is 59.1 Å². The summed E-state index contributed by atoms with van der Waals surface area (Å²) in [5, 5.41) is 0.868. The molecule has 3 rings (SSSR count). The summed E-state index contributed by atoms with van der Waals surface area (Å²) in [6.07, 6.45) is -1.94. The number of rotatable bonds is 12. The van der Waals surface area contributed by atoms with Gasteiger partial charge < -0.3 is 18.5 Å². The second kappa shape index (κ2) is 13.5. The van der Waals surface area contributed by atoms with Crippen molar-refractivity contribution in [3.63, 3.8) is 0 Å². The maximum Gasteiger partial charge on any atom is 0.422 e. The molecule has 13 heteroatoms. The van der Waals surface area contributed by atoms with E-state index in [0.717, 1.165) is 0 Å². The van der Waals surface area contributed by atoms with E-state index in [1.807, 2.05) is 31.5 Å². The topological polar surface area (TPSA) is 84.6 Å². The number of benzene rings is 1. The van der Waals surface area contributed by atoms with Gasteiger partial charge in [-0.3, -0.25) is 14.2 Å². The first-order chi connectivity index (χ1) is 19.8. The summed E-state index contributed by atoms with van der Waals surface area (Å²) in [4.78, 5) is 30.8. The zero-order chi connectivity index (χ0) is 32.2. The van der Waals surface area contributed by atoms with Crippen LogP contribution in [0.2, 0.25) is 18.1 Å². The highest BCUT2D eigenvalue weighted by atomic mass is 32.2. The maximum absolute atomic E-state index is 13.8. The lowest BCUT2D eigenvalue weighted by Gasteiger charge is -2.36. The number of carbonyl (C=O) groups is 1. The predicted molar refractivity (Wildman–Crippen MR) is 166 cm³/mol. The molecule has 0 unspecified atom stereocenters. The van der Waals surface area contributed by atoms with E-state index < -0.39 is 26.7 Å². The van der Waals surface area contributed by atoms with E-state index >= 15 is 0 Å². The van der Waals surface area contributed by atoms with Gasteiger partial charge in [-0.15, -0.1) is 0 Å². The number of esters is 1. The molecular formula is C30H42F3N3O5SSi. The van der Waals surface area contributed by atoms with E-state index in [2.05, 4.69) is 33.9 Å². The van der Waals surface area contributed by atoms with Crippen molar-refractivity contribution in [2.45, 2.75) is 96.0 Å². The van der Waals surface area contributed by atoms with Gasteiger partial charge in [0.1, 0.15) is 17.0 Å². The number of hydrogen-bond donors (Lipinski definition) is 0. The van der Waals surface area contributed by atoms with Crippen LogP contribution in [0, 0.1) is 0 Å². The van der Waals surface area contributed by atoms with E-state index in [1.54, 1.807) is 6.07 Å². The average Bonchev–Trinajstić information content (AvgIpc) is 3.27. The molecular weight excluding hydrogens is 599 g/mol. The minimum absolute atomic E-state index is 0.0302. The fourth-order valence-corrected chi connectivity index (χ4v) is 5.83. The van der Waals surface area contributed by atoms with Crippen molar-refractivity contribution in [1.82, 2.24) is 14.1 Å². The van der Waals surface area contributed by atoms with Gasteiger partial charge in [-0.2, -0.15) is 13.2 Å². The summed E-state index contributed by atoms with van der Waals surface area (Å²) in [6, 6.07) is 7.53. The normalized spacial score (nSPS) is 13.0. The zero-order valence-corrected chi connectivity index (χ0v) is 27.9. The summed E-state index contributed by atoms with van der Waals surface area (Å²) in [7, 11) is -1.96. The van der Waals surface area contributed by atoms with Crippen molar-refractivity contribution in [3.8, 4) is 11.4 Å². The van der Waals surface area contributed by atoms with Crippen molar-refractivity contribution in [2.75, 3.05) is 19.0 Å². The molecule has 0 amide bonds. The molecule has 0 bridgehead atoms. The molecule has 8 nitrogen and oxygen atoms in total. The Morgan fingerprint density at radius 1 is 1.02 bits per heavy atom. The summed E-state index contributed by atoms with van der Waals surface area (Å²) in [5.41, 5.74) is 0.0578. The smallest absolute Gasteiger partial charge is 0.422 e. The lowest BCUT2D eigenvalue weighted by Crippen LogP contribution is -2.41. The molecule has 43 heavy (non-hydrogen) atoms. The maximum atomic E-state index is 13.8. The number of hydrogen-bond acceptors (Lipinski definition) is 7. The Kier molecular flexibility index (Phi) is 10.9. The van der Waals surface area contributed by atoms with Crippen molar-refractivity contribution in [1.29, 1.82) is 0 Å². The second-order valence-electron chi connectivity index (χ2n) is 12.8. The van der Waals surface area contributed by atoms with E-state index in [4.69, 9.17) is 18.9 Å². The van der Waals surface area contributed by atoms with Crippen LogP contribution in [0.5, 0.6) is 5.75 Å². The molecule has 0 saturated carbocycles. The summed E-state index contributed by atoms with van der Waals surface area (Å²) in [6.45, 7) is 15.9. The number of thioether (sulfide) groups is 1. The molecule has 0 radical (unpaired) electrons. The number of aromatic nitrogens is 3. The molecule has 3 aromatic rings. The Balaban J connectivity index is 1.90. The number of ether oxygens (including phenoxy) is 2. The molecule has 0 fully saturated rings. The van der Waals surface area contributed by atoms with E-state index in [0.29, 0.717) is 47.2 Å². The van der Waals surface area contributed by atoms with Crippen LogP contribution in [-0.2, 0) is 20.5 Å². The number of nitrogens with zero attached hydrogens (tertiary/aromatic N) is 3. The third-order valence-electron chi connectivity index (χ3n) is 7.04. The van der Waals surface area contributed by atoms with Crippen molar-refractivity contribution in [3.05, 3.63) is 46.9 Å². The van der Waals surface area contributed by atoms with Gasteiger partial charge in [-0.05, 0) is 75.7 Å². The number of carbonyl (C=O) groups excluding carboxylic acids is 1. The first kappa shape index (κ1) is 34.7. The average molecular weight is 642 g/mol. The van der Waals surface area contributed by atoms with Crippen LogP contribution in [0.3, 0.4) is 0 Å². The second-order valence-corrected chi connectivity index (χ2v) is 18.7. The highest BCUT2D eigenvalue weighted by molar-refractivity contribution is 7.99. The molecule has 0 aliphatic rings. The van der Waals surface area contributed by atoms with E-state index in [1.165, 1.54) is 40.6 Å². The van der Waals surface area contributed by atoms with Gasteiger partial charge >= 0.3 is 12.1 Å². The summed E-state index contributed by atoms with van der Waals surface area (Å²) >= 11 is 1.32. The highest BCUT2D eigenvalue weighted by Crippen LogP contribution is 2.36. The van der Waals surface area contributed by atoms with Crippen LogP contribution >= 0.6 is 11.8 Å². The van der Waals surface area contributed by atoms with Gasteiger partial charge in [-0.25, -0.2) is 4.98 Å². The first-order valence-corrected chi connectivity index (χ1v) is 18.1. The van der Waals surface area contributed by atoms with Gasteiger partial charge in [0.2, 0.25) is 0 Å². The van der Waals surface area contributed by atoms with Crippen LogP contribution < -0.4 is 10.3 Å². The molecule has 0 spiro atoms. The number of alkyl halides is 3. The van der Waals surface area contributed by atoms with Crippen LogP contribution in [0.4, 0.5) is 13.2 Å². The first-order valence-electron chi connectivity index (χ1n) is 14.2. The highest BCUT2D eigenvalue weighted by Gasteiger charge is 2.37. The molecule has 0 saturated heterocycles. The van der Waals surface area contributed by atoms with Crippen LogP contribution in [0.1, 0.15) is 54.4 Å². The summed E-state index contributed by atoms with van der Waals surface area (Å²) < 4.78 is 57.6. The van der Waals surface area contributed by atoms with Crippen LogP contribution in [0.25, 0.3) is 16.7 Å². The molecule has 0 aliphatic heterocycles. The Morgan fingerprint density at radius 2 is 1.67 bits per heavy atom. The van der Waals surface area contributed by atoms with Gasteiger partial charge in [0, 0.05) is 24.9 Å². The summed E-state index contributed by atoms with van der Waals surface area (Å²) in [5.74, 6) is 0.209. The van der Waals surface area contributed by atoms with Crippen LogP contribution in [0.15, 0.2) is 46.5 Å². The molecule has 0 aliphatic carbocycles. The van der Waals surface area contributed by atoms with Crippen molar-refractivity contribution >= 4 is 37.1 Å². The SMILES string of the molecule is CC(C)(C)OC(=O)CCCSc1nc2c(ccn2CCO[Si](C)(C)C(C)(C)C)c(=O)n1-c1ccc(OCC(F)(F)F)cc1. The fraction of sp³-hybridized carbons (Fsp3) is 0.567. The molecule has 2 aromatic heterocycles. The third kappa shape index (κ3) is 9.87. The van der Waals surface area contributed by atoms with Crippen molar-refractivity contribution < 1.29 is 31.9 Å². The standard InChI is InChI=1S/C30H42F3N3O5SSi/c1-28(2,3)41-24(37)10-9-19-42-27-34-25-23(15-16-35(25)17-18-40-43(7,8)29(4,5)6)26(38)36(27)21-11-13-22(14-12-21)39-20-30(31,32)33/h11-16H,9-10,17-20H2,1-8H3. The van der Waals surface area contributed by atoms with Gasteiger partial charge in [-0.1, -0.05) is 32.5 Å². The Labute approximate surface area is 256 Å². The monoisotopic (exact) mass is 641 g/mol. The largest absolute Gasteiger partial charge is 0.484 e. The Morgan fingerprint density at radius 3 is 2.26 bits per heavy atom. The minimum atomic E-state index is -4.46. The third-order valence-corrected chi connectivity index (χ3v) is 12.6. The molecule has 0 N–H and O–H groups in total. The fourth-order valence-electron chi connectivity index (χ4n) is 3.85. The Bertz CT molecular complexity index is 1460. The van der Waals surface area contributed by atoms with Gasteiger partial charge in [0.05, 0.1) is 17.7 Å². The molecule has 1 aromatic carbocycles. The molecule has 2 heterocycles. The quantitative estimate of drug-likeness (QED) is 0.0672. The number of fused-ring (bicyclic) bond motifs is 1. The lowest BCUT2D eigenvalue weighted by atomic mass is 10.2. The predicted octanol–water partition coefficient (Wildman–Crippen LogP) is 7.36. The van der Waals surface area contributed by atoms with E-state index in [9.17, 15) is 22.8 Å².